The topological polar surface area (TPSA) is 111 Å². The van der Waals surface area contributed by atoms with Gasteiger partial charge in [0.2, 0.25) is 5.89 Å². The summed E-state index contributed by atoms with van der Waals surface area (Å²) in [7, 11) is 0. The van der Waals surface area contributed by atoms with Gasteiger partial charge < -0.3 is 9.73 Å². The van der Waals surface area contributed by atoms with Crippen molar-refractivity contribution in [2.24, 2.45) is 0 Å². The third-order valence-electron chi connectivity index (χ3n) is 3.80. The van der Waals surface area contributed by atoms with Crippen molar-refractivity contribution in [1.29, 1.82) is 0 Å². The van der Waals surface area contributed by atoms with E-state index in [2.05, 4.69) is 25.3 Å². The zero-order valence-corrected chi connectivity index (χ0v) is 17.2. The van der Waals surface area contributed by atoms with Crippen LogP contribution in [0.5, 0.6) is 0 Å². The summed E-state index contributed by atoms with van der Waals surface area (Å²) in [5.41, 5.74) is 1.08. The highest BCUT2D eigenvalue weighted by atomic mass is 32.1. The van der Waals surface area contributed by atoms with Crippen molar-refractivity contribution in [3.8, 4) is 10.8 Å². The third kappa shape index (κ3) is 4.19. The van der Waals surface area contributed by atoms with Crippen LogP contribution in [-0.2, 0) is 0 Å². The first-order valence-electron chi connectivity index (χ1n) is 8.98. The van der Waals surface area contributed by atoms with Gasteiger partial charge in [0.1, 0.15) is 16.1 Å². The van der Waals surface area contributed by atoms with Crippen molar-refractivity contribution in [3.63, 3.8) is 0 Å². The van der Waals surface area contributed by atoms with Crippen molar-refractivity contribution in [1.82, 2.24) is 19.9 Å². The van der Waals surface area contributed by atoms with Gasteiger partial charge in [-0.1, -0.05) is 19.9 Å². The van der Waals surface area contributed by atoms with Gasteiger partial charge in [0.05, 0.1) is 28.0 Å². The molecule has 0 radical (unpaired) electrons. The van der Waals surface area contributed by atoms with Crippen LogP contribution in [0.15, 0.2) is 46.0 Å². The second-order valence-electron chi connectivity index (χ2n) is 5.70. The monoisotopic (exact) mass is 409 g/mol. The first kappa shape index (κ1) is 20.3. The predicted octanol–water partition coefficient (Wildman–Crippen LogP) is 4.00. The van der Waals surface area contributed by atoms with Crippen LogP contribution in [0.1, 0.15) is 35.0 Å². The first-order valence-corrected chi connectivity index (χ1v) is 9.80. The molecule has 4 aromatic rings. The van der Waals surface area contributed by atoms with Crippen LogP contribution in [0.25, 0.3) is 21.7 Å². The number of rotatable bonds is 3. The Morgan fingerprint density at radius 3 is 2.59 bits per heavy atom. The molecule has 0 fully saturated rings. The maximum absolute atomic E-state index is 12.4. The number of carbonyl (C=O) groups is 1. The lowest BCUT2D eigenvalue weighted by atomic mass is 10.2. The Bertz CT molecular complexity index is 1220. The average Bonchev–Trinajstić information content (AvgIpc) is 3.08. The summed E-state index contributed by atoms with van der Waals surface area (Å²) < 4.78 is 5.38. The van der Waals surface area contributed by atoms with Gasteiger partial charge in [-0.15, -0.1) is 11.3 Å². The SMILES string of the molecule is CC.Cc1nc(C)c(-c2nc3c(NC(=O)c4cnccn4)cccc3c(=O)o2)s1. The first-order chi connectivity index (χ1) is 14.0. The van der Waals surface area contributed by atoms with Gasteiger partial charge >= 0.3 is 5.63 Å². The molecule has 0 aliphatic rings. The molecule has 0 aliphatic heterocycles. The van der Waals surface area contributed by atoms with Crippen molar-refractivity contribution >= 4 is 33.8 Å². The van der Waals surface area contributed by atoms with Crippen molar-refractivity contribution in [2.45, 2.75) is 27.7 Å². The van der Waals surface area contributed by atoms with E-state index in [0.717, 1.165) is 10.7 Å². The van der Waals surface area contributed by atoms with Crippen LogP contribution < -0.4 is 10.9 Å². The van der Waals surface area contributed by atoms with Gasteiger partial charge in [-0.3, -0.25) is 9.78 Å². The predicted molar refractivity (Wildman–Crippen MR) is 112 cm³/mol. The zero-order chi connectivity index (χ0) is 21.0. The van der Waals surface area contributed by atoms with E-state index < -0.39 is 11.5 Å². The number of carbonyl (C=O) groups excluding carboxylic acids is 1. The van der Waals surface area contributed by atoms with E-state index in [1.807, 2.05) is 27.7 Å². The highest BCUT2D eigenvalue weighted by Gasteiger charge is 2.17. The minimum absolute atomic E-state index is 0.159. The Morgan fingerprint density at radius 1 is 1.14 bits per heavy atom. The number of amides is 1. The summed E-state index contributed by atoms with van der Waals surface area (Å²) in [6.07, 6.45) is 4.27. The van der Waals surface area contributed by atoms with Gasteiger partial charge in [-0.2, -0.15) is 0 Å². The largest absolute Gasteiger partial charge is 0.402 e. The molecule has 9 heteroatoms. The van der Waals surface area contributed by atoms with Crippen LogP contribution >= 0.6 is 11.3 Å². The molecule has 0 atom stereocenters. The molecule has 3 aromatic heterocycles. The fourth-order valence-corrected chi connectivity index (χ4v) is 3.47. The maximum Gasteiger partial charge on any atom is 0.347 e. The van der Waals surface area contributed by atoms with E-state index >= 15 is 0 Å². The van der Waals surface area contributed by atoms with Gasteiger partial charge in [-0.25, -0.2) is 19.7 Å². The van der Waals surface area contributed by atoms with Gasteiger partial charge in [0.25, 0.3) is 5.91 Å². The number of nitrogens with zero attached hydrogens (tertiary/aromatic N) is 4. The molecule has 0 bridgehead atoms. The Hall–Kier alpha value is -3.46. The number of nitrogens with one attached hydrogen (secondary N) is 1. The van der Waals surface area contributed by atoms with Crippen molar-refractivity contribution in [2.75, 3.05) is 5.32 Å². The van der Waals surface area contributed by atoms with Crippen molar-refractivity contribution in [3.05, 3.63) is 63.6 Å². The van der Waals surface area contributed by atoms with Crippen LogP contribution in [0, 0.1) is 13.8 Å². The lowest BCUT2D eigenvalue weighted by Crippen LogP contribution is -2.15. The summed E-state index contributed by atoms with van der Waals surface area (Å²) in [6, 6.07) is 4.91. The quantitative estimate of drug-likeness (QED) is 0.544. The second kappa shape index (κ2) is 8.70. The number of thiazole rings is 1. The highest BCUT2D eigenvalue weighted by molar-refractivity contribution is 7.15. The summed E-state index contributed by atoms with van der Waals surface area (Å²) in [5.74, 6) is -0.270. The summed E-state index contributed by atoms with van der Waals surface area (Å²) in [4.78, 5) is 42.2. The van der Waals surface area contributed by atoms with E-state index in [4.69, 9.17) is 4.42 Å². The second-order valence-corrected chi connectivity index (χ2v) is 6.90. The van der Waals surface area contributed by atoms with Gasteiger partial charge in [0.15, 0.2) is 0 Å². The van der Waals surface area contributed by atoms with E-state index in [0.29, 0.717) is 16.1 Å². The van der Waals surface area contributed by atoms with Crippen molar-refractivity contribution < 1.29 is 9.21 Å². The fourth-order valence-electron chi connectivity index (χ4n) is 2.63. The molecule has 0 saturated carbocycles. The van der Waals surface area contributed by atoms with E-state index in [-0.39, 0.29) is 17.0 Å². The molecule has 0 aliphatic carbocycles. The summed E-state index contributed by atoms with van der Waals surface area (Å²) in [6.45, 7) is 7.69. The number of hydrogen-bond donors (Lipinski definition) is 1. The molecule has 0 unspecified atom stereocenters. The normalized spacial score (nSPS) is 10.3. The average molecular weight is 409 g/mol. The number of benzene rings is 1. The maximum atomic E-state index is 12.4. The molecule has 1 N–H and O–H groups in total. The molecule has 1 aromatic carbocycles. The molecule has 0 saturated heterocycles. The number of hydrogen-bond acceptors (Lipinski definition) is 8. The molecule has 1 amide bonds. The van der Waals surface area contributed by atoms with Crippen LogP contribution in [0.3, 0.4) is 0 Å². The lowest BCUT2D eigenvalue weighted by molar-refractivity contribution is 0.102. The number of aryl methyl sites for hydroxylation is 2. The minimum Gasteiger partial charge on any atom is -0.402 e. The minimum atomic E-state index is -0.531. The highest BCUT2D eigenvalue weighted by Crippen LogP contribution is 2.30. The standard InChI is InChI=1S/C18H13N5O3S.C2H6/c1-9-15(27-10(2)21-9)17-23-14-11(18(25)26-17)4-3-5-12(14)22-16(24)13-8-19-6-7-20-13;1-2/h3-8H,1-2H3,(H,22,24);1-2H3. The molecule has 3 heterocycles. The van der Waals surface area contributed by atoms with Crippen LogP contribution in [0.2, 0.25) is 0 Å². The Balaban J connectivity index is 0.00000117. The summed E-state index contributed by atoms with van der Waals surface area (Å²) >= 11 is 1.39. The fraction of sp³-hybridized carbons (Fsp3) is 0.200. The Morgan fingerprint density at radius 2 is 1.93 bits per heavy atom. The van der Waals surface area contributed by atoms with Crippen LogP contribution in [0.4, 0.5) is 5.69 Å². The number of fused-ring (bicyclic) bond motifs is 1. The molecule has 0 spiro atoms. The Kier molecular flexibility index (Phi) is 6.08. The van der Waals surface area contributed by atoms with Crippen LogP contribution in [-0.4, -0.2) is 25.8 Å². The zero-order valence-electron chi connectivity index (χ0n) is 16.4. The van der Waals surface area contributed by atoms with E-state index in [1.165, 1.54) is 29.9 Å². The lowest BCUT2D eigenvalue weighted by Gasteiger charge is -2.08. The van der Waals surface area contributed by atoms with Gasteiger partial charge in [0, 0.05) is 12.4 Å². The summed E-state index contributed by atoms with van der Waals surface area (Å²) in [5, 5.41) is 3.85. The van der Waals surface area contributed by atoms with E-state index in [9.17, 15) is 9.59 Å². The van der Waals surface area contributed by atoms with E-state index in [1.54, 1.807) is 18.2 Å². The number of para-hydroxylation sites is 1. The molecular weight excluding hydrogens is 390 g/mol. The molecule has 29 heavy (non-hydrogen) atoms. The van der Waals surface area contributed by atoms with Gasteiger partial charge in [-0.05, 0) is 26.0 Å². The smallest absolute Gasteiger partial charge is 0.347 e. The molecule has 148 valence electrons. The number of aromatic nitrogens is 4. The molecule has 4 rings (SSSR count). The Labute approximate surface area is 170 Å². The molecular formula is C20H19N5O3S. The number of anilines is 1. The molecule has 8 nitrogen and oxygen atoms in total. The third-order valence-corrected chi connectivity index (χ3v) is 4.86.